The first-order chi connectivity index (χ1) is 6.79. The SMILES string of the molecule is O=C[C@H]1CCCN(C(=O)CC2CC2)C1. The lowest BCUT2D eigenvalue weighted by Gasteiger charge is -2.30. The Morgan fingerprint density at radius 3 is 2.79 bits per heavy atom. The van der Waals surface area contributed by atoms with Crippen LogP contribution < -0.4 is 0 Å². The summed E-state index contributed by atoms with van der Waals surface area (Å²) in [7, 11) is 0. The van der Waals surface area contributed by atoms with Crippen LogP contribution in [0.4, 0.5) is 0 Å². The number of piperidine rings is 1. The minimum atomic E-state index is 0.0897. The van der Waals surface area contributed by atoms with Crippen LogP contribution >= 0.6 is 0 Å². The van der Waals surface area contributed by atoms with Gasteiger partial charge in [-0.25, -0.2) is 0 Å². The van der Waals surface area contributed by atoms with Gasteiger partial charge in [-0.2, -0.15) is 0 Å². The molecule has 0 bridgehead atoms. The standard InChI is InChI=1S/C11H17NO2/c13-8-10-2-1-5-12(7-10)11(14)6-9-3-4-9/h8-10H,1-7H2/t10-/m0/s1. The molecule has 0 aromatic carbocycles. The first kappa shape index (κ1) is 9.69. The molecular weight excluding hydrogens is 178 g/mol. The number of hydrogen-bond donors (Lipinski definition) is 0. The minimum absolute atomic E-state index is 0.0897. The van der Waals surface area contributed by atoms with Gasteiger partial charge in [-0.05, 0) is 31.6 Å². The zero-order chi connectivity index (χ0) is 9.97. The average molecular weight is 195 g/mol. The molecule has 0 radical (unpaired) electrons. The summed E-state index contributed by atoms with van der Waals surface area (Å²) in [6, 6.07) is 0. The van der Waals surface area contributed by atoms with Crippen LogP contribution in [0.3, 0.4) is 0 Å². The number of aldehydes is 1. The Kier molecular flexibility index (Phi) is 2.85. The van der Waals surface area contributed by atoms with E-state index in [4.69, 9.17) is 0 Å². The second kappa shape index (κ2) is 4.11. The molecule has 78 valence electrons. The fourth-order valence-electron chi connectivity index (χ4n) is 2.05. The van der Waals surface area contributed by atoms with Crippen molar-refractivity contribution in [2.45, 2.75) is 32.1 Å². The fourth-order valence-corrected chi connectivity index (χ4v) is 2.05. The van der Waals surface area contributed by atoms with Crippen LogP contribution in [0, 0.1) is 11.8 Å². The van der Waals surface area contributed by atoms with E-state index in [0.717, 1.165) is 25.7 Å². The molecule has 0 aromatic heterocycles. The van der Waals surface area contributed by atoms with Crippen LogP contribution in [0.1, 0.15) is 32.1 Å². The predicted octanol–water partition coefficient (Wildman–Crippen LogP) is 1.22. The summed E-state index contributed by atoms with van der Waals surface area (Å²) in [6.07, 6.45) is 6.09. The molecule has 2 rings (SSSR count). The molecule has 1 heterocycles. The van der Waals surface area contributed by atoms with Crippen LogP contribution in [-0.4, -0.2) is 30.2 Å². The van der Waals surface area contributed by atoms with Crippen molar-refractivity contribution in [2.24, 2.45) is 11.8 Å². The van der Waals surface area contributed by atoms with Gasteiger partial charge in [0.2, 0.25) is 5.91 Å². The molecule has 1 saturated heterocycles. The van der Waals surface area contributed by atoms with Crippen molar-refractivity contribution in [2.75, 3.05) is 13.1 Å². The van der Waals surface area contributed by atoms with E-state index in [9.17, 15) is 9.59 Å². The van der Waals surface area contributed by atoms with Gasteiger partial charge in [0, 0.05) is 25.4 Å². The first-order valence-corrected chi connectivity index (χ1v) is 5.52. The van der Waals surface area contributed by atoms with Crippen LogP contribution in [-0.2, 0) is 9.59 Å². The Labute approximate surface area is 84.5 Å². The molecule has 1 aliphatic carbocycles. The second-order valence-electron chi connectivity index (χ2n) is 4.53. The predicted molar refractivity (Wildman–Crippen MR) is 52.7 cm³/mol. The minimum Gasteiger partial charge on any atom is -0.342 e. The smallest absolute Gasteiger partial charge is 0.222 e. The van der Waals surface area contributed by atoms with Gasteiger partial charge in [-0.1, -0.05) is 0 Å². The van der Waals surface area contributed by atoms with E-state index in [1.807, 2.05) is 4.90 Å². The highest BCUT2D eigenvalue weighted by Gasteiger charge is 2.29. The number of amides is 1. The maximum Gasteiger partial charge on any atom is 0.222 e. The summed E-state index contributed by atoms with van der Waals surface area (Å²) in [5, 5.41) is 0. The van der Waals surface area contributed by atoms with Gasteiger partial charge in [0.15, 0.2) is 0 Å². The molecule has 1 atom stereocenters. The van der Waals surface area contributed by atoms with Crippen molar-refractivity contribution in [3.05, 3.63) is 0 Å². The van der Waals surface area contributed by atoms with Crippen molar-refractivity contribution in [1.29, 1.82) is 0 Å². The summed E-state index contributed by atoms with van der Waals surface area (Å²) in [5.41, 5.74) is 0. The van der Waals surface area contributed by atoms with E-state index in [1.54, 1.807) is 0 Å². The Balaban J connectivity index is 1.82. The fraction of sp³-hybridized carbons (Fsp3) is 0.818. The van der Waals surface area contributed by atoms with Gasteiger partial charge < -0.3 is 9.69 Å². The van der Waals surface area contributed by atoms with E-state index in [2.05, 4.69) is 0 Å². The Morgan fingerprint density at radius 2 is 2.14 bits per heavy atom. The lowest BCUT2D eigenvalue weighted by Crippen LogP contribution is -2.40. The summed E-state index contributed by atoms with van der Waals surface area (Å²) in [5.74, 6) is 1.00. The lowest BCUT2D eigenvalue weighted by molar-refractivity contribution is -0.133. The van der Waals surface area contributed by atoms with Crippen molar-refractivity contribution in [3.63, 3.8) is 0 Å². The normalized spacial score (nSPS) is 27.4. The molecule has 2 fully saturated rings. The van der Waals surface area contributed by atoms with Crippen LogP contribution in [0.2, 0.25) is 0 Å². The number of likely N-dealkylation sites (tertiary alicyclic amines) is 1. The van der Waals surface area contributed by atoms with E-state index in [1.165, 1.54) is 12.8 Å². The van der Waals surface area contributed by atoms with Crippen LogP contribution in [0.5, 0.6) is 0 Å². The average Bonchev–Trinajstić information content (AvgIpc) is 3.02. The van der Waals surface area contributed by atoms with Gasteiger partial charge in [-0.3, -0.25) is 4.79 Å². The molecule has 0 aromatic rings. The van der Waals surface area contributed by atoms with Crippen molar-refractivity contribution < 1.29 is 9.59 Å². The highest BCUT2D eigenvalue weighted by atomic mass is 16.2. The lowest BCUT2D eigenvalue weighted by atomic mass is 9.99. The molecule has 0 unspecified atom stereocenters. The quantitative estimate of drug-likeness (QED) is 0.635. The molecule has 2 aliphatic rings. The van der Waals surface area contributed by atoms with Gasteiger partial charge in [-0.15, -0.1) is 0 Å². The van der Waals surface area contributed by atoms with E-state index < -0.39 is 0 Å². The van der Waals surface area contributed by atoms with Gasteiger partial charge >= 0.3 is 0 Å². The summed E-state index contributed by atoms with van der Waals surface area (Å²) in [6.45, 7) is 1.52. The van der Waals surface area contributed by atoms with Crippen LogP contribution in [0.25, 0.3) is 0 Å². The number of hydrogen-bond acceptors (Lipinski definition) is 2. The summed E-state index contributed by atoms with van der Waals surface area (Å²) >= 11 is 0. The summed E-state index contributed by atoms with van der Waals surface area (Å²) in [4.78, 5) is 24.2. The Morgan fingerprint density at radius 1 is 1.36 bits per heavy atom. The maximum absolute atomic E-state index is 11.7. The zero-order valence-corrected chi connectivity index (χ0v) is 8.45. The molecular formula is C11H17NO2. The zero-order valence-electron chi connectivity index (χ0n) is 8.45. The molecule has 0 N–H and O–H groups in total. The largest absolute Gasteiger partial charge is 0.342 e. The maximum atomic E-state index is 11.7. The highest BCUT2D eigenvalue weighted by molar-refractivity contribution is 5.77. The van der Waals surface area contributed by atoms with E-state index >= 15 is 0 Å². The third-order valence-corrected chi connectivity index (χ3v) is 3.16. The number of nitrogens with zero attached hydrogens (tertiary/aromatic N) is 1. The highest BCUT2D eigenvalue weighted by Crippen LogP contribution is 2.33. The summed E-state index contributed by atoms with van der Waals surface area (Å²) < 4.78 is 0. The Bertz CT molecular complexity index is 235. The monoisotopic (exact) mass is 195 g/mol. The molecule has 1 saturated carbocycles. The van der Waals surface area contributed by atoms with Crippen molar-refractivity contribution in [1.82, 2.24) is 4.90 Å². The van der Waals surface area contributed by atoms with Gasteiger partial charge in [0.05, 0.1) is 0 Å². The number of carbonyl (C=O) groups is 2. The van der Waals surface area contributed by atoms with Gasteiger partial charge in [0.1, 0.15) is 6.29 Å². The third kappa shape index (κ3) is 2.34. The molecule has 14 heavy (non-hydrogen) atoms. The van der Waals surface area contributed by atoms with E-state index in [-0.39, 0.29) is 11.8 Å². The Hall–Kier alpha value is -0.860. The first-order valence-electron chi connectivity index (χ1n) is 5.52. The molecule has 1 aliphatic heterocycles. The number of rotatable bonds is 3. The van der Waals surface area contributed by atoms with E-state index in [0.29, 0.717) is 18.9 Å². The third-order valence-electron chi connectivity index (χ3n) is 3.16. The second-order valence-corrected chi connectivity index (χ2v) is 4.53. The molecule has 3 nitrogen and oxygen atoms in total. The molecule has 0 spiro atoms. The topological polar surface area (TPSA) is 37.4 Å². The molecule has 1 amide bonds. The van der Waals surface area contributed by atoms with Crippen molar-refractivity contribution >= 4 is 12.2 Å². The van der Waals surface area contributed by atoms with Crippen LogP contribution in [0.15, 0.2) is 0 Å². The van der Waals surface area contributed by atoms with Crippen molar-refractivity contribution in [3.8, 4) is 0 Å². The van der Waals surface area contributed by atoms with Gasteiger partial charge in [0.25, 0.3) is 0 Å². The number of carbonyl (C=O) groups excluding carboxylic acids is 2. The molecule has 3 heteroatoms.